The van der Waals surface area contributed by atoms with E-state index in [1.807, 2.05) is 0 Å². The number of halogens is 1. The van der Waals surface area contributed by atoms with Crippen molar-refractivity contribution in [1.29, 1.82) is 0 Å². The molecule has 2 aromatic carbocycles. The number of fused-ring (bicyclic) bond motifs is 5. The summed E-state index contributed by atoms with van der Waals surface area (Å²) in [5.74, 6) is 0.541. The van der Waals surface area contributed by atoms with Crippen LogP contribution < -0.4 is 10.2 Å². The van der Waals surface area contributed by atoms with Gasteiger partial charge in [0.1, 0.15) is 0 Å². The number of nitrogens with one attached hydrogen (secondary N) is 1. The highest BCUT2D eigenvalue weighted by Crippen LogP contribution is 2.54. The molecule has 1 fully saturated rings. The second-order valence-electron chi connectivity index (χ2n) is 7.10. The lowest BCUT2D eigenvalue weighted by Crippen LogP contribution is -2.44. The second-order valence-corrected chi connectivity index (χ2v) is 7.54. The SMILES string of the molecule is CCN1CCC2C(C1)c1cc(Cl)cc3c1N2c1ccccc1CN3. The number of benzene rings is 2. The maximum Gasteiger partial charge on any atom is 0.0687 e. The Morgan fingerprint density at radius 2 is 2.12 bits per heavy atom. The first kappa shape index (κ1) is 14.6. The molecule has 5 rings (SSSR count). The van der Waals surface area contributed by atoms with E-state index in [2.05, 4.69) is 58.4 Å². The van der Waals surface area contributed by atoms with E-state index in [1.54, 1.807) is 0 Å². The van der Waals surface area contributed by atoms with Gasteiger partial charge in [0.25, 0.3) is 0 Å². The van der Waals surface area contributed by atoms with Crippen LogP contribution in [-0.4, -0.2) is 30.6 Å². The molecule has 1 saturated heterocycles. The second kappa shape index (κ2) is 5.40. The summed E-state index contributed by atoms with van der Waals surface area (Å²) in [7, 11) is 0. The largest absolute Gasteiger partial charge is 0.379 e. The van der Waals surface area contributed by atoms with E-state index in [9.17, 15) is 0 Å². The lowest BCUT2D eigenvalue weighted by molar-refractivity contribution is 0.206. The molecule has 124 valence electrons. The number of likely N-dealkylation sites (N-methyl/N-ethyl adjacent to an activating group) is 1. The maximum atomic E-state index is 6.47. The highest BCUT2D eigenvalue weighted by Gasteiger charge is 2.44. The molecule has 4 heteroatoms. The summed E-state index contributed by atoms with van der Waals surface area (Å²) in [6.07, 6.45) is 1.21. The summed E-state index contributed by atoms with van der Waals surface area (Å²) < 4.78 is 0. The van der Waals surface area contributed by atoms with Gasteiger partial charge in [-0.3, -0.25) is 0 Å². The number of nitrogens with zero attached hydrogens (tertiary/aromatic N) is 2. The van der Waals surface area contributed by atoms with Crippen molar-refractivity contribution < 1.29 is 0 Å². The number of rotatable bonds is 1. The van der Waals surface area contributed by atoms with Gasteiger partial charge in [0.2, 0.25) is 0 Å². The summed E-state index contributed by atoms with van der Waals surface area (Å²) in [5.41, 5.74) is 6.70. The van der Waals surface area contributed by atoms with Crippen molar-refractivity contribution in [1.82, 2.24) is 4.90 Å². The Kier molecular flexibility index (Phi) is 3.29. The van der Waals surface area contributed by atoms with Crippen LogP contribution in [0.1, 0.15) is 30.4 Å². The minimum atomic E-state index is 0.541. The normalized spacial score (nSPS) is 24.7. The molecule has 2 aromatic rings. The van der Waals surface area contributed by atoms with Crippen molar-refractivity contribution in [3.05, 3.63) is 52.5 Å². The zero-order valence-corrected chi connectivity index (χ0v) is 14.7. The van der Waals surface area contributed by atoms with Crippen molar-refractivity contribution in [3.8, 4) is 0 Å². The molecule has 0 saturated carbocycles. The van der Waals surface area contributed by atoms with Gasteiger partial charge in [-0.25, -0.2) is 0 Å². The molecule has 2 unspecified atom stereocenters. The zero-order chi connectivity index (χ0) is 16.3. The zero-order valence-electron chi connectivity index (χ0n) is 13.9. The molecule has 0 aromatic heterocycles. The van der Waals surface area contributed by atoms with Gasteiger partial charge >= 0.3 is 0 Å². The van der Waals surface area contributed by atoms with Crippen LogP contribution in [-0.2, 0) is 6.54 Å². The Morgan fingerprint density at radius 1 is 1.25 bits per heavy atom. The minimum Gasteiger partial charge on any atom is -0.379 e. The summed E-state index contributed by atoms with van der Waals surface area (Å²) >= 11 is 6.47. The summed E-state index contributed by atoms with van der Waals surface area (Å²) in [4.78, 5) is 5.17. The first-order valence-electron chi connectivity index (χ1n) is 8.93. The van der Waals surface area contributed by atoms with Crippen molar-refractivity contribution in [2.75, 3.05) is 29.9 Å². The van der Waals surface area contributed by atoms with Crippen LogP contribution in [0.15, 0.2) is 36.4 Å². The topological polar surface area (TPSA) is 18.5 Å². The van der Waals surface area contributed by atoms with E-state index in [1.165, 1.54) is 41.2 Å². The maximum absolute atomic E-state index is 6.47. The molecule has 3 heterocycles. The lowest BCUT2D eigenvalue weighted by Gasteiger charge is -2.38. The number of hydrogen-bond acceptors (Lipinski definition) is 3. The molecule has 1 N–H and O–H groups in total. The fourth-order valence-electron chi connectivity index (χ4n) is 4.77. The molecule has 3 aliphatic rings. The lowest BCUT2D eigenvalue weighted by atomic mass is 9.88. The smallest absolute Gasteiger partial charge is 0.0687 e. The highest BCUT2D eigenvalue weighted by molar-refractivity contribution is 6.31. The highest BCUT2D eigenvalue weighted by atomic mass is 35.5. The number of hydrogen-bond donors (Lipinski definition) is 1. The van der Waals surface area contributed by atoms with Crippen LogP contribution >= 0.6 is 11.6 Å². The Morgan fingerprint density at radius 3 is 3.00 bits per heavy atom. The molecule has 0 aliphatic carbocycles. The molecule has 0 spiro atoms. The summed E-state index contributed by atoms with van der Waals surface area (Å²) in [6, 6.07) is 13.6. The van der Waals surface area contributed by atoms with E-state index >= 15 is 0 Å². The van der Waals surface area contributed by atoms with Gasteiger partial charge in [-0.05, 0) is 42.3 Å². The van der Waals surface area contributed by atoms with Crippen LogP contribution in [0.25, 0.3) is 0 Å². The van der Waals surface area contributed by atoms with E-state index in [0.717, 1.165) is 24.7 Å². The van der Waals surface area contributed by atoms with Gasteiger partial charge < -0.3 is 15.1 Å². The van der Waals surface area contributed by atoms with Gasteiger partial charge in [0.05, 0.1) is 11.4 Å². The number of likely N-dealkylation sites (tertiary alicyclic amines) is 1. The molecule has 2 atom stereocenters. The van der Waals surface area contributed by atoms with Gasteiger partial charge in [-0.15, -0.1) is 0 Å². The molecule has 0 amide bonds. The van der Waals surface area contributed by atoms with Crippen molar-refractivity contribution in [2.45, 2.75) is 31.8 Å². The van der Waals surface area contributed by atoms with Crippen LogP contribution in [0, 0.1) is 0 Å². The Bertz CT molecular complexity index is 803. The molecule has 0 bridgehead atoms. The quantitative estimate of drug-likeness (QED) is 0.819. The Labute approximate surface area is 148 Å². The number of anilines is 3. The number of para-hydroxylation sites is 1. The molecule has 3 aliphatic heterocycles. The van der Waals surface area contributed by atoms with Crippen LogP contribution in [0.5, 0.6) is 0 Å². The van der Waals surface area contributed by atoms with E-state index in [0.29, 0.717) is 12.0 Å². The van der Waals surface area contributed by atoms with Crippen LogP contribution in [0.2, 0.25) is 5.02 Å². The third-order valence-electron chi connectivity index (χ3n) is 5.90. The van der Waals surface area contributed by atoms with Crippen LogP contribution in [0.4, 0.5) is 17.1 Å². The van der Waals surface area contributed by atoms with Gasteiger partial charge in [0, 0.05) is 42.3 Å². The van der Waals surface area contributed by atoms with Gasteiger partial charge in [-0.1, -0.05) is 36.7 Å². The average Bonchev–Trinajstić information content (AvgIpc) is 2.83. The molecule has 3 nitrogen and oxygen atoms in total. The summed E-state index contributed by atoms with van der Waals surface area (Å²) in [6.45, 7) is 6.56. The number of piperidine rings is 1. The molecule has 24 heavy (non-hydrogen) atoms. The fraction of sp³-hybridized carbons (Fsp3) is 0.400. The van der Waals surface area contributed by atoms with Crippen molar-refractivity contribution in [2.24, 2.45) is 0 Å². The fourth-order valence-corrected chi connectivity index (χ4v) is 4.99. The standard InChI is InChI=1S/C20H22ClN3/c1-2-23-8-7-19-16(12-23)15-9-14(21)10-17-20(15)24(19)18-6-4-3-5-13(18)11-22-17/h3-6,9-10,16,19,22H,2,7-8,11-12H2,1H3. The Hall–Kier alpha value is -1.71. The van der Waals surface area contributed by atoms with Gasteiger partial charge in [0.15, 0.2) is 0 Å². The average molecular weight is 340 g/mol. The van der Waals surface area contributed by atoms with E-state index in [4.69, 9.17) is 11.6 Å². The first-order valence-corrected chi connectivity index (χ1v) is 9.31. The first-order chi connectivity index (χ1) is 11.8. The molecule has 0 radical (unpaired) electrons. The Balaban J connectivity index is 1.72. The molecular formula is C20H22ClN3. The third-order valence-corrected chi connectivity index (χ3v) is 6.12. The van der Waals surface area contributed by atoms with E-state index < -0.39 is 0 Å². The van der Waals surface area contributed by atoms with E-state index in [-0.39, 0.29) is 0 Å². The van der Waals surface area contributed by atoms with Crippen molar-refractivity contribution in [3.63, 3.8) is 0 Å². The predicted octanol–water partition coefficient (Wildman–Crippen LogP) is 4.60. The third kappa shape index (κ3) is 2.01. The van der Waals surface area contributed by atoms with Crippen LogP contribution in [0.3, 0.4) is 0 Å². The molecular weight excluding hydrogens is 318 g/mol. The van der Waals surface area contributed by atoms with Crippen molar-refractivity contribution >= 4 is 28.7 Å². The minimum absolute atomic E-state index is 0.541. The summed E-state index contributed by atoms with van der Waals surface area (Å²) in [5, 5.41) is 4.47. The van der Waals surface area contributed by atoms with Gasteiger partial charge in [-0.2, -0.15) is 0 Å². The predicted molar refractivity (Wildman–Crippen MR) is 101 cm³/mol. The monoisotopic (exact) mass is 339 g/mol.